The van der Waals surface area contributed by atoms with E-state index in [1.54, 1.807) is 12.1 Å². The van der Waals surface area contributed by atoms with Crippen LogP contribution in [0.5, 0.6) is 0 Å². The molecule has 0 amide bonds. The Morgan fingerprint density at radius 2 is 1.95 bits per heavy atom. The van der Waals surface area contributed by atoms with Crippen LogP contribution in [0.1, 0.15) is 51.5 Å². The van der Waals surface area contributed by atoms with E-state index in [4.69, 9.17) is 11.6 Å². The molecule has 0 radical (unpaired) electrons. The molecule has 2 heteroatoms. The summed E-state index contributed by atoms with van der Waals surface area (Å²) >= 11 is 6.75. The third kappa shape index (κ3) is 3.72. The van der Waals surface area contributed by atoms with E-state index < -0.39 is 0 Å². The van der Waals surface area contributed by atoms with Gasteiger partial charge in [-0.1, -0.05) is 38.8 Å². The molecule has 0 N–H and O–H groups in total. The fourth-order valence-electron chi connectivity index (χ4n) is 3.62. The Bertz CT molecular complexity index is 407. The SMILES string of the molecule is CC(C)CC1(C(Cl)Cc2cccc(F)c2)CCCC1. The van der Waals surface area contributed by atoms with E-state index in [1.165, 1.54) is 38.2 Å². The van der Waals surface area contributed by atoms with Gasteiger partial charge in [-0.15, -0.1) is 11.6 Å². The van der Waals surface area contributed by atoms with Crippen molar-refractivity contribution in [2.75, 3.05) is 0 Å². The molecule has 0 heterocycles. The summed E-state index contributed by atoms with van der Waals surface area (Å²) in [4.78, 5) is 0. The smallest absolute Gasteiger partial charge is 0.123 e. The van der Waals surface area contributed by atoms with Gasteiger partial charge >= 0.3 is 0 Å². The standard InChI is InChI=1S/C17H24ClF/c1-13(2)12-17(8-3-4-9-17)16(18)11-14-6-5-7-15(19)10-14/h5-7,10,13,16H,3-4,8-9,11-12H2,1-2H3. The van der Waals surface area contributed by atoms with Crippen LogP contribution in [0.2, 0.25) is 0 Å². The summed E-state index contributed by atoms with van der Waals surface area (Å²) in [6.07, 6.45) is 7.02. The van der Waals surface area contributed by atoms with Crippen molar-refractivity contribution in [3.05, 3.63) is 35.6 Å². The van der Waals surface area contributed by atoms with Crippen molar-refractivity contribution < 1.29 is 4.39 Å². The maximum absolute atomic E-state index is 13.3. The molecule has 2 rings (SSSR count). The van der Waals surface area contributed by atoms with Gasteiger partial charge in [-0.05, 0) is 54.7 Å². The molecule has 1 unspecified atom stereocenters. The second-order valence-corrected chi connectivity index (χ2v) is 7.00. The molecule has 1 aliphatic rings. The second kappa shape index (κ2) is 6.26. The Hall–Kier alpha value is -0.560. The Kier molecular flexibility index (Phi) is 4.89. The van der Waals surface area contributed by atoms with Crippen molar-refractivity contribution >= 4 is 11.6 Å². The molecule has 0 aliphatic heterocycles. The van der Waals surface area contributed by atoms with Crippen molar-refractivity contribution in [3.8, 4) is 0 Å². The summed E-state index contributed by atoms with van der Waals surface area (Å²) in [5.41, 5.74) is 1.29. The Morgan fingerprint density at radius 1 is 1.26 bits per heavy atom. The number of halogens is 2. The highest BCUT2D eigenvalue weighted by atomic mass is 35.5. The van der Waals surface area contributed by atoms with E-state index in [0.29, 0.717) is 5.92 Å². The third-order valence-electron chi connectivity index (χ3n) is 4.38. The molecule has 1 saturated carbocycles. The summed E-state index contributed by atoms with van der Waals surface area (Å²) in [5.74, 6) is 0.512. The maximum Gasteiger partial charge on any atom is 0.123 e. The number of hydrogen-bond donors (Lipinski definition) is 0. The van der Waals surface area contributed by atoms with Crippen molar-refractivity contribution in [2.45, 2.75) is 57.7 Å². The molecular formula is C17H24ClF. The van der Waals surface area contributed by atoms with Gasteiger partial charge in [0.25, 0.3) is 0 Å². The largest absolute Gasteiger partial charge is 0.207 e. The first kappa shape index (κ1) is 14.8. The van der Waals surface area contributed by atoms with Crippen LogP contribution in [-0.2, 0) is 6.42 Å². The Labute approximate surface area is 121 Å². The summed E-state index contributed by atoms with van der Waals surface area (Å²) in [5, 5.41) is 0.124. The number of benzene rings is 1. The molecule has 1 atom stereocenters. The zero-order valence-corrected chi connectivity index (χ0v) is 12.7. The first-order valence-electron chi connectivity index (χ1n) is 7.40. The van der Waals surface area contributed by atoms with E-state index >= 15 is 0 Å². The summed E-state index contributed by atoms with van der Waals surface area (Å²) in [6.45, 7) is 4.54. The molecule has 0 spiro atoms. The maximum atomic E-state index is 13.3. The van der Waals surface area contributed by atoms with Gasteiger partial charge in [0.05, 0.1) is 0 Å². The lowest BCUT2D eigenvalue weighted by molar-refractivity contribution is 0.221. The summed E-state index contributed by atoms with van der Waals surface area (Å²) in [6, 6.07) is 6.87. The van der Waals surface area contributed by atoms with Gasteiger partial charge in [0.2, 0.25) is 0 Å². The van der Waals surface area contributed by atoms with E-state index in [1.807, 2.05) is 6.07 Å². The van der Waals surface area contributed by atoms with Crippen molar-refractivity contribution in [1.82, 2.24) is 0 Å². The van der Waals surface area contributed by atoms with E-state index in [-0.39, 0.29) is 16.6 Å². The zero-order chi connectivity index (χ0) is 13.9. The average Bonchev–Trinajstić information content (AvgIpc) is 2.78. The first-order valence-corrected chi connectivity index (χ1v) is 7.84. The highest BCUT2D eigenvalue weighted by Crippen LogP contribution is 2.48. The average molecular weight is 283 g/mol. The van der Waals surface area contributed by atoms with Crippen LogP contribution in [0.3, 0.4) is 0 Å². The predicted molar refractivity (Wildman–Crippen MR) is 80.1 cm³/mol. The Morgan fingerprint density at radius 3 is 2.53 bits per heavy atom. The van der Waals surface area contributed by atoms with Crippen molar-refractivity contribution in [2.24, 2.45) is 11.3 Å². The molecule has 19 heavy (non-hydrogen) atoms. The summed E-state index contributed by atoms with van der Waals surface area (Å²) < 4.78 is 13.3. The van der Waals surface area contributed by atoms with Gasteiger partial charge in [-0.3, -0.25) is 0 Å². The molecule has 1 aromatic carbocycles. The lowest BCUT2D eigenvalue weighted by Gasteiger charge is -2.35. The van der Waals surface area contributed by atoms with Gasteiger partial charge < -0.3 is 0 Å². The quantitative estimate of drug-likeness (QED) is 0.618. The van der Waals surface area contributed by atoms with Crippen LogP contribution in [0.25, 0.3) is 0 Å². The molecule has 106 valence electrons. The van der Waals surface area contributed by atoms with E-state index in [2.05, 4.69) is 13.8 Å². The lowest BCUT2D eigenvalue weighted by atomic mass is 9.74. The second-order valence-electron chi connectivity index (χ2n) is 6.47. The first-order chi connectivity index (χ1) is 9.02. The van der Waals surface area contributed by atoms with Gasteiger partial charge in [0.15, 0.2) is 0 Å². The summed E-state index contributed by atoms with van der Waals surface area (Å²) in [7, 11) is 0. The molecule has 1 aromatic rings. The van der Waals surface area contributed by atoms with Crippen molar-refractivity contribution in [3.63, 3.8) is 0 Å². The molecule has 1 aliphatic carbocycles. The van der Waals surface area contributed by atoms with Gasteiger partial charge in [-0.25, -0.2) is 4.39 Å². The number of alkyl halides is 1. The van der Waals surface area contributed by atoms with Crippen LogP contribution in [0.15, 0.2) is 24.3 Å². The zero-order valence-electron chi connectivity index (χ0n) is 12.0. The van der Waals surface area contributed by atoms with Crippen LogP contribution >= 0.6 is 11.6 Å². The predicted octanol–water partition coefficient (Wildman–Crippen LogP) is 5.58. The molecule has 0 aromatic heterocycles. The third-order valence-corrected chi connectivity index (χ3v) is 5.00. The lowest BCUT2D eigenvalue weighted by Crippen LogP contribution is -2.31. The van der Waals surface area contributed by atoms with E-state index in [9.17, 15) is 4.39 Å². The molecule has 1 fully saturated rings. The fourth-order valence-corrected chi connectivity index (χ4v) is 4.11. The minimum Gasteiger partial charge on any atom is -0.207 e. The van der Waals surface area contributed by atoms with Gasteiger partial charge in [-0.2, -0.15) is 0 Å². The Balaban J connectivity index is 2.09. The van der Waals surface area contributed by atoms with Crippen LogP contribution in [0.4, 0.5) is 4.39 Å². The topological polar surface area (TPSA) is 0 Å². The highest BCUT2D eigenvalue weighted by Gasteiger charge is 2.40. The normalized spacial score (nSPS) is 19.8. The molecular weight excluding hydrogens is 259 g/mol. The van der Waals surface area contributed by atoms with Crippen molar-refractivity contribution in [1.29, 1.82) is 0 Å². The highest BCUT2D eigenvalue weighted by molar-refractivity contribution is 6.21. The van der Waals surface area contributed by atoms with Crippen LogP contribution in [-0.4, -0.2) is 5.38 Å². The molecule has 0 saturated heterocycles. The minimum atomic E-state index is -0.161. The number of rotatable bonds is 5. The van der Waals surface area contributed by atoms with Crippen LogP contribution < -0.4 is 0 Å². The fraction of sp³-hybridized carbons (Fsp3) is 0.647. The van der Waals surface area contributed by atoms with Gasteiger partial charge in [0.1, 0.15) is 5.82 Å². The minimum absolute atomic E-state index is 0.124. The molecule has 0 nitrogen and oxygen atoms in total. The van der Waals surface area contributed by atoms with Gasteiger partial charge in [0, 0.05) is 5.38 Å². The number of hydrogen-bond acceptors (Lipinski definition) is 0. The molecule has 0 bridgehead atoms. The monoisotopic (exact) mass is 282 g/mol. The van der Waals surface area contributed by atoms with E-state index in [0.717, 1.165) is 12.0 Å². The van der Waals surface area contributed by atoms with Crippen LogP contribution in [0, 0.1) is 17.2 Å².